The Hall–Kier alpha value is -0.600. The summed E-state index contributed by atoms with van der Waals surface area (Å²) < 4.78 is 0. The molecule has 2 heteroatoms. The lowest BCUT2D eigenvalue weighted by Gasteiger charge is -2.23. The number of hydrogen-bond donors (Lipinski definition) is 2. The third-order valence-corrected chi connectivity index (χ3v) is 1.42. The van der Waals surface area contributed by atoms with Crippen molar-refractivity contribution in [3.8, 4) is 0 Å². The summed E-state index contributed by atoms with van der Waals surface area (Å²) in [5, 5.41) is 8.83. The van der Waals surface area contributed by atoms with Gasteiger partial charge in [-0.25, -0.2) is 0 Å². The molecule has 0 aliphatic rings. The molecule has 0 aromatic carbocycles. The first-order valence-corrected chi connectivity index (χ1v) is 3.30. The normalized spacial score (nSPS) is 11.0. The standard InChI is InChI=1S/C8H15NO/c1-3-5-8(9,7-10)6-4-2/h3-4,10H,1-2,5-7,9H2. The molecule has 0 atom stereocenters. The molecule has 10 heavy (non-hydrogen) atoms. The molecule has 2 nitrogen and oxygen atoms in total. The molecule has 0 unspecified atom stereocenters. The molecule has 0 aromatic heterocycles. The first kappa shape index (κ1) is 9.40. The minimum Gasteiger partial charge on any atom is -0.394 e. The first-order valence-electron chi connectivity index (χ1n) is 3.30. The Morgan fingerprint density at radius 1 is 1.30 bits per heavy atom. The summed E-state index contributed by atoms with van der Waals surface area (Å²) in [4.78, 5) is 0. The van der Waals surface area contributed by atoms with Gasteiger partial charge < -0.3 is 10.8 Å². The smallest absolute Gasteiger partial charge is 0.0617 e. The molecule has 0 rings (SSSR count). The molecule has 0 heterocycles. The highest BCUT2D eigenvalue weighted by atomic mass is 16.3. The van der Waals surface area contributed by atoms with Gasteiger partial charge in [0.1, 0.15) is 0 Å². The van der Waals surface area contributed by atoms with E-state index in [1.807, 2.05) is 0 Å². The van der Waals surface area contributed by atoms with Gasteiger partial charge in [0.25, 0.3) is 0 Å². The van der Waals surface area contributed by atoms with Crippen LogP contribution in [0.15, 0.2) is 25.3 Å². The second-order valence-electron chi connectivity index (χ2n) is 2.51. The van der Waals surface area contributed by atoms with Crippen LogP contribution in [0.2, 0.25) is 0 Å². The summed E-state index contributed by atoms with van der Waals surface area (Å²) in [5.74, 6) is 0. The summed E-state index contributed by atoms with van der Waals surface area (Å²) in [6.45, 7) is 7.08. The molecule has 0 fully saturated rings. The highest BCUT2D eigenvalue weighted by molar-refractivity contribution is 4.95. The van der Waals surface area contributed by atoms with E-state index < -0.39 is 5.54 Å². The molecule has 0 saturated carbocycles. The Balaban J connectivity index is 3.92. The van der Waals surface area contributed by atoms with Crippen LogP contribution >= 0.6 is 0 Å². The van der Waals surface area contributed by atoms with Crippen LogP contribution in [-0.4, -0.2) is 17.3 Å². The van der Waals surface area contributed by atoms with Crippen LogP contribution < -0.4 is 5.73 Å². The highest BCUT2D eigenvalue weighted by Gasteiger charge is 2.19. The minimum absolute atomic E-state index is 0.0228. The molecule has 0 aliphatic heterocycles. The third-order valence-electron chi connectivity index (χ3n) is 1.42. The molecule has 0 amide bonds. The summed E-state index contributed by atoms with van der Waals surface area (Å²) in [6, 6.07) is 0. The van der Waals surface area contributed by atoms with Crippen molar-refractivity contribution in [1.29, 1.82) is 0 Å². The molecule has 0 bridgehead atoms. The summed E-state index contributed by atoms with van der Waals surface area (Å²) >= 11 is 0. The van der Waals surface area contributed by atoms with E-state index in [9.17, 15) is 0 Å². The van der Waals surface area contributed by atoms with Crippen LogP contribution in [0.3, 0.4) is 0 Å². The number of rotatable bonds is 5. The van der Waals surface area contributed by atoms with Crippen LogP contribution in [0.1, 0.15) is 12.8 Å². The van der Waals surface area contributed by atoms with Crippen LogP contribution in [0.4, 0.5) is 0 Å². The molecule has 58 valence electrons. The van der Waals surface area contributed by atoms with Crippen molar-refractivity contribution in [2.75, 3.05) is 6.61 Å². The molecule has 0 aromatic rings. The van der Waals surface area contributed by atoms with E-state index >= 15 is 0 Å². The molecule has 3 N–H and O–H groups in total. The fourth-order valence-corrected chi connectivity index (χ4v) is 0.787. The molecule has 0 aliphatic carbocycles. The average molecular weight is 141 g/mol. The van der Waals surface area contributed by atoms with E-state index in [1.165, 1.54) is 0 Å². The van der Waals surface area contributed by atoms with E-state index in [2.05, 4.69) is 13.2 Å². The van der Waals surface area contributed by atoms with E-state index in [4.69, 9.17) is 10.8 Å². The lowest BCUT2D eigenvalue weighted by atomic mass is 9.94. The Morgan fingerprint density at radius 3 is 1.90 bits per heavy atom. The van der Waals surface area contributed by atoms with Crippen molar-refractivity contribution in [2.24, 2.45) is 5.73 Å². The summed E-state index contributed by atoms with van der Waals surface area (Å²) in [6.07, 6.45) is 4.66. The maximum atomic E-state index is 8.83. The predicted molar refractivity (Wildman–Crippen MR) is 43.6 cm³/mol. The molecule has 0 radical (unpaired) electrons. The Labute approximate surface area is 62.0 Å². The van der Waals surface area contributed by atoms with Crippen molar-refractivity contribution < 1.29 is 5.11 Å². The molecule has 0 saturated heterocycles. The van der Waals surface area contributed by atoms with Gasteiger partial charge in [-0.1, -0.05) is 12.2 Å². The van der Waals surface area contributed by atoms with Gasteiger partial charge >= 0.3 is 0 Å². The fourth-order valence-electron chi connectivity index (χ4n) is 0.787. The van der Waals surface area contributed by atoms with Gasteiger partial charge in [-0.2, -0.15) is 0 Å². The SMILES string of the molecule is C=CCC(N)(CO)CC=C. The van der Waals surface area contributed by atoms with Crippen molar-refractivity contribution >= 4 is 0 Å². The van der Waals surface area contributed by atoms with Gasteiger partial charge in [-0.15, -0.1) is 13.2 Å². The quantitative estimate of drug-likeness (QED) is 0.557. The lowest BCUT2D eigenvalue weighted by Crippen LogP contribution is -2.42. The minimum atomic E-state index is -0.538. The largest absolute Gasteiger partial charge is 0.394 e. The fraction of sp³-hybridized carbons (Fsp3) is 0.500. The van der Waals surface area contributed by atoms with Crippen LogP contribution in [0, 0.1) is 0 Å². The van der Waals surface area contributed by atoms with Gasteiger partial charge in [0.2, 0.25) is 0 Å². The van der Waals surface area contributed by atoms with E-state index in [-0.39, 0.29) is 6.61 Å². The van der Waals surface area contributed by atoms with E-state index in [1.54, 1.807) is 12.2 Å². The van der Waals surface area contributed by atoms with Gasteiger partial charge in [-0.3, -0.25) is 0 Å². The molecule has 0 spiro atoms. The maximum absolute atomic E-state index is 8.83. The van der Waals surface area contributed by atoms with Crippen LogP contribution in [0.5, 0.6) is 0 Å². The number of aliphatic hydroxyl groups excluding tert-OH is 1. The average Bonchev–Trinajstić information content (AvgIpc) is 1.89. The van der Waals surface area contributed by atoms with Gasteiger partial charge in [-0.05, 0) is 12.8 Å². The second kappa shape index (κ2) is 4.25. The maximum Gasteiger partial charge on any atom is 0.0617 e. The van der Waals surface area contributed by atoms with Crippen LogP contribution in [-0.2, 0) is 0 Å². The van der Waals surface area contributed by atoms with E-state index in [0.29, 0.717) is 12.8 Å². The van der Waals surface area contributed by atoms with Gasteiger partial charge in [0, 0.05) is 5.54 Å². The van der Waals surface area contributed by atoms with Crippen molar-refractivity contribution in [2.45, 2.75) is 18.4 Å². The monoisotopic (exact) mass is 141 g/mol. The summed E-state index contributed by atoms with van der Waals surface area (Å²) in [5.41, 5.74) is 5.19. The van der Waals surface area contributed by atoms with Gasteiger partial charge in [0.15, 0.2) is 0 Å². The number of nitrogens with two attached hydrogens (primary N) is 1. The lowest BCUT2D eigenvalue weighted by molar-refractivity contribution is 0.198. The van der Waals surface area contributed by atoms with Gasteiger partial charge in [0.05, 0.1) is 6.61 Å². The predicted octanol–water partition coefficient (Wildman–Crippen LogP) is 0.828. The van der Waals surface area contributed by atoms with Crippen molar-refractivity contribution in [1.82, 2.24) is 0 Å². The van der Waals surface area contributed by atoms with Crippen LogP contribution in [0.25, 0.3) is 0 Å². The molecular weight excluding hydrogens is 126 g/mol. The highest BCUT2D eigenvalue weighted by Crippen LogP contribution is 2.11. The van der Waals surface area contributed by atoms with Crippen molar-refractivity contribution in [3.05, 3.63) is 25.3 Å². The second-order valence-corrected chi connectivity index (χ2v) is 2.51. The zero-order valence-electron chi connectivity index (χ0n) is 6.21. The number of hydrogen-bond acceptors (Lipinski definition) is 2. The topological polar surface area (TPSA) is 46.2 Å². The Bertz CT molecular complexity index is 110. The van der Waals surface area contributed by atoms with E-state index in [0.717, 1.165) is 0 Å². The Morgan fingerprint density at radius 2 is 1.70 bits per heavy atom. The third kappa shape index (κ3) is 2.80. The van der Waals surface area contributed by atoms with Crippen molar-refractivity contribution in [3.63, 3.8) is 0 Å². The zero-order valence-corrected chi connectivity index (χ0v) is 6.21. The zero-order chi connectivity index (χ0) is 8.04. The Kier molecular flexibility index (Phi) is 4.00. The first-order chi connectivity index (χ1) is 4.68. The number of aliphatic hydroxyl groups is 1. The summed E-state index contributed by atoms with van der Waals surface area (Å²) in [7, 11) is 0. The molecular formula is C8H15NO.